The summed E-state index contributed by atoms with van der Waals surface area (Å²) in [7, 11) is -2.26. The first-order valence-electron chi connectivity index (χ1n) is 11.9. The van der Waals surface area contributed by atoms with E-state index in [2.05, 4.69) is 5.32 Å². The van der Waals surface area contributed by atoms with Crippen LogP contribution in [-0.4, -0.2) is 62.7 Å². The predicted octanol–water partition coefficient (Wildman–Crippen LogP) is 3.76. The molecule has 2 aromatic carbocycles. The van der Waals surface area contributed by atoms with Gasteiger partial charge in [-0.15, -0.1) is 0 Å². The van der Waals surface area contributed by atoms with Gasteiger partial charge in [0, 0.05) is 43.5 Å². The van der Waals surface area contributed by atoms with Crippen molar-refractivity contribution in [1.82, 2.24) is 9.21 Å². The van der Waals surface area contributed by atoms with E-state index in [0.717, 1.165) is 45.2 Å². The van der Waals surface area contributed by atoms with Crippen LogP contribution in [0.4, 0.5) is 5.69 Å². The number of nitrogens with one attached hydrogen (secondary N) is 1. The molecule has 1 N–H and O–H groups in total. The smallest absolute Gasteiger partial charge is 0.253 e. The Hall–Kier alpha value is -3.17. The van der Waals surface area contributed by atoms with Gasteiger partial charge < -0.3 is 15.0 Å². The van der Waals surface area contributed by atoms with Gasteiger partial charge in [0.1, 0.15) is 10.6 Å². The molecule has 9 heteroatoms. The maximum absolute atomic E-state index is 13.2. The van der Waals surface area contributed by atoms with Crippen LogP contribution in [0.5, 0.6) is 5.75 Å². The summed E-state index contributed by atoms with van der Waals surface area (Å²) in [5.74, 6) is -0.140. The minimum atomic E-state index is -3.70. The maximum atomic E-state index is 13.2. The number of methoxy groups -OCH3 is 1. The standard InChI is InChI=1S/C26H31N3O5S/c1-34-23-12-10-20(18-24(23)35(32,33)29-16-3-2-4-17-29)11-13-25(30)27-22-9-7-8-21(19-22)26(31)28-14-5-6-15-28/h7-13,18-19H,2-6,14-17H2,1H3,(H,27,30)/b13-11+. The Morgan fingerprint density at radius 1 is 0.943 bits per heavy atom. The van der Waals surface area contributed by atoms with Crippen molar-refractivity contribution in [2.75, 3.05) is 38.6 Å². The van der Waals surface area contributed by atoms with Crippen LogP contribution in [0.15, 0.2) is 53.4 Å². The molecule has 0 radical (unpaired) electrons. The summed E-state index contributed by atoms with van der Waals surface area (Å²) in [4.78, 5) is 27.1. The van der Waals surface area contributed by atoms with E-state index in [0.29, 0.717) is 29.9 Å². The zero-order valence-corrected chi connectivity index (χ0v) is 20.7. The van der Waals surface area contributed by atoms with Crippen molar-refractivity contribution in [2.45, 2.75) is 37.0 Å². The minimum absolute atomic E-state index is 0.0326. The molecule has 186 valence electrons. The van der Waals surface area contributed by atoms with Crippen molar-refractivity contribution in [1.29, 1.82) is 0 Å². The van der Waals surface area contributed by atoms with E-state index in [4.69, 9.17) is 4.74 Å². The van der Waals surface area contributed by atoms with Crippen molar-refractivity contribution in [3.05, 3.63) is 59.7 Å². The highest BCUT2D eigenvalue weighted by Gasteiger charge is 2.29. The second kappa shape index (κ2) is 11.0. The van der Waals surface area contributed by atoms with Crippen LogP contribution in [0, 0.1) is 0 Å². The van der Waals surface area contributed by atoms with Crippen LogP contribution in [0.1, 0.15) is 48.0 Å². The first-order valence-corrected chi connectivity index (χ1v) is 13.4. The Kier molecular flexibility index (Phi) is 7.87. The van der Waals surface area contributed by atoms with Crippen LogP contribution in [0.25, 0.3) is 6.08 Å². The molecule has 0 unspecified atom stereocenters. The van der Waals surface area contributed by atoms with Crippen LogP contribution in [0.2, 0.25) is 0 Å². The van der Waals surface area contributed by atoms with E-state index in [1.807, 2.05) is 4.90 Å². The Labute approximate surface area is 206 Å². The van der Waals surface area contributed by atoms with Crippen LogP contribution < -0.4 is 10.1 Å². The molecule has 0 aromatic heterocycles. The number of amides is 2. The Morgan fingerprint density at radius 3 is 2.37 bits per heavy atom. The lowest BCUT2D eigenvalue weighted by Gasteiger charge is -2.26. The van der Waals surface area contributed by atoms with E-state index >= 15 is 0 Å². The van der Waals surface area contributed by atoms with Crippen LogP contribution in [-0.2, 0) is 14.8 Å². The molecular formula is C26H31N3O5S. The van der Waals surface area contributed by atoms with Gasteiger partial charge in [-0.2, -0.15) is 4.31 Å². The third kappa shape index (κ3) is 5.91. The lowest BCUT2D eigenvalue weighted by Crippen LogP contribution is -2.35. The lowest BCUT2D eigenvalue weighted by molar-refractivity contribution is -0.111. The van der Waals surface area contributed by atoms with Gasteiger partial charge in [0.25, 0.3) is 5.91 Å². The first-order chi connectivity index (χ1) is 16.9. The van der Waals surface area contributed by atoms with Crippen molar-refractivity contribution >= 4 is 33.6 Å². The highest BCUT2D eigenvalue weighted by atomic mass is 32.2. The normalized spacial score (nSPS) is 17.0. The first kappa shape index (κ1) is 24.9. The molecule has 2 aliphatic rings. The van der Waals surface area contributed by atoms with E-state index in [-0.39, 0.29) is 22.5 Å². The number of hydrogen-bond donors (Lipinski definition) is 1. The van der Waals surface area contributed by atoms with E-state index < -0.39 is 10.0 Å². The monoisotopic (exact) mass is 497 g/mol. The highest BCUT2D eigenvalue weighted by molar-refractivity contribution is 7.89. The molecule has 35 heavy (non-hydrogen) atoms. The minimum Gasteiger partial charge on any atom is -0.495 e. The summed E-state index contributed by atoms with van der Waals surface area (Å²) in [6, 6.07) is 11.7. The SMILES string of the molecule is COc1ccc(/C=C/C(=O)Nc2cccc(C(=O)N3CCCC3)c2)cc1S(=O)(=O)N1CCCCC1. The van der Waals surface area contributed by atoms with Gasteiger partial charge >= 0.3 is 0 Å². The zero-order valence-electron chi connectivity index (χ0n) is 19.9. The van der Waals surface area contributed by atoms with Crippen molar-refractivity contribution in [3.8, 4) is 5.75 Å². The number of likely N-dealkylation sites (tertiary alicyclic amines) is 1. The Balaban J connectivity index is 1.47. The molecule has 8 nitrogen and oxygen atoms in total. The largest absolute Gasteiger partial charge is 0.495 e. The second-order valence-electron chi connectivity index (χ2n) is 8.78. The zero-order chi connectivity index (χ0) is 24.8. The number of hydrogen-bond acceptors (Lipinski definition) is 5. The van der Waals surface area contributed by atoms with Gasteiger partial charge in [-0.3, -0.25) is 9.59 Å². The van der Waals surface area contributed by atoms with Gasteiger partial charge in [-0.1, -0.05) is 18.6 Å². The maximum Gasteiger partial charge on any atom is 0.253 e. The van der Waals surface area contributed by atoms with Crippen LogP contribution in [0.3, 0.4) is 0 Å². The van der Waals surface area contributed by atoms with Gasteiger partial charge in [0.05, 0.1) is 7.11 Å². The number of sulfonamides is 1. The average Bonchev–Trinajstić information content (AvgIpc) is 3.42. The molecule has 0 atom stereocenters. The van der Waals surface area contributed by atoms with Crippen molar-refractivity contribution in [3.63, 3.8) is 0 Å². The molecule has 2 aromatic rings. The third-order valence-electron chi connectivity index (χ3n) is 6.32. The molecule has 2 amide bonds. The van der Waals surface area contributed by atoms with Gasteiger partial charge in [0.2, 0.25) is 15.9 Å². The molecule has 4 rings (SSSR count). The number of rotatable bonds is 7. The fraction of sp³-hybridized carbons (Fsp3) is 0.385. The van der Waals surface area contributed by atoms with Gasteiger partial charge in [0.15, 0.2) is 0 Å². The topological polar surface area (TPSA) is 96.0 Å². The number of carbonyl (C=O) groups excluding carboxylic acids is 2. The summed E-state index contributed by atoms with van der Waals surface area (Å²) >= 11 is 0. The third-order valence-corrected chi connectivity index (χ3v) is 8.24. The van der Waals surface area contributed by atoms with E-state index in [9.17, 15) is 18.0 Å². The lowest BCUT2D eigenvalue weighted by atomic mass is 10.1. The summed E-state index contributed by atoms with van der Waals surface area (Å²) in [5, 5.41) is 2.77. The molecule has 2 fully saturated rings. The van der Waals surface area contributed by atoms with Crippen LogP contribution >= 0.6 is 0 Å². The molecule has 0 spiro atoms. The van der Waals surface area contributed by atoms with Crippen molar-refractivity contribution in [2.24, 2.45) is 0 Å². The Morgan fingerprint density at radius 2 is 1.66 bits per heavy atom. The number of carbonyl (C=O) groups is 2. The van der Waals surface area contributed by atoms with E-state index in [1.54, 1.807) is 42.5 Å². The molecule has 0 bridgehead atoms. The second-order valence-corrected chi connectivity index (χ2v) is 10.7. The summed E-state index contributed by atoms with van der Waals surface area (Å²) in [6.07, 6.45) is 7.63. The number of benzene rings is 2. The number of piperidine rings is 1. The van der Waals surface area contributed by atoms with Crippen molar-refractivity contribution < 1.29 is 22.7 Å². The number of ether oxygens (including phenoxy) is 1. The Bertz CT molecular complexity index is 1210. The summed E-state index contributed by atoms with van der Waals surface area (Å²) < 4.78 is 33.2. The van der Waals surface area contributed by atoms with E-state index in [1.165, 1.54) is 23.6 Å². The molecule has 2 saturated heterocycles. The fourth-order valence-electron chi connectivity index (χ4n) is 4.43. The molecular weight excluding hydrogens is 466 g/mol. The molecule has 0 aliphatic carbocycles. The quantitative estimate of drug-likeness (QED) is 0.588. The fourth-order valence-corrected chi connectivity index (χ4v) is 6.14. The highest BCUT2D eigenvalue weighted by Crippen LogP contribution is 2.30. The average molecular weight is 498 g/mol. The number of nitrogens with zero attached hydrogens (tertiary/aromatic N) is 2. The van der Waals surface area contributed by atoms with Gasteiger partial charge in [-0.05, 0) is 67.7 Å². The van der Waals surface area contributed by atoms with Gasteiger partial charge in [-0.25, -0.2) is 8.42 Å². The predicted molar refractivity (Wildman–Crippen MR) is 135 cm³/mol. The molecule has 0 saturated carbocycles. The summed E-state index contributed by atoms with van der Waals surface area (Å²) in [5.41, 5.74) is 1.62. The molecule has 2 aliphatic heterocycles. The molecule has 2 heterocycles. The number of anilines is 1. The summed E-state index contributed by atoms with van der Waals surface area (Å²) in [6.45, 7) is 2.51.